The third-order valence-electron chi connectivity index (χ3n) is 14.1. The smallest absolute Gasteiger partial charge is 0.306 e. The van der Waals surface area contributed by atoms with Crippen molar-refractivity contribution in [2.45, 2.75) is 330 Å². The normalized spacial score (nSPS) is 13.0. The molecule has 0 amide bonds. The third kappa shape index (κ3) is 50.1. The molecule has 0 aliphatic rings. The van der Waals surface area contributed by atoms with Gasteiger partial charge < -0.3 is 14.2 Å². The molecule has 386 valence electrons. The first-order valence-electron chi connectivity index (χ1n) is 29.2. The minimum Gasteiger partial charge on any atom is -0.462 e. The Morgan fingerprint density at radius 3 is 0.800 bits per heavy atom. The standard InChI is InChI=1S/C59H114O6/c1-7-54(5)46-40-34-28-22-18-14-10-12-16-20-24-31-37-43-49-58(61)64-52-56(65-59(62)50-44-38-32-26-25-29-35-41-47-55(6)8-2)51-63-57(60)48-42-36-30-23-19-15-11-9-13-17-21-27-33-39-45-53(3)4/h53-56H,7-52H2,1-6H3/t54?,55?,56-/m1/s1. The van der Waals surface area contributed by atoms with Crippen molar-refractivity contribution in [3.8, 4) is 0 Å². The summed E-state index contributed by atoms with van der Waals surface area (Å²) in [4.78, 5) is 38.1. The molecule has 0 radical (unpaired) electrons. The zero-order valence-corrected chi connectivity index (χ0v) is 44.8. The van der Waals surface area contributed by atoms with Gasteiger partial charge in [0.05, 0.1) is 0 Å². The van der Waals surface area contributed by atoms with E-state index in [1.54, 1.807) is 0 Å². The Labute approximate surface area is 406 Å². The Morgan fingerprint density at radius 2 is 0.538 bits per heavy atom. The highest BCUT2D eigenvalue weighted by Crippen LogP contribution is 2.19. The summed E-state index contributed by atoms with van der Waals surface area (Å²) in [5.41, 5.74) is 0. The predicted molar refractivity (Wildman–Crippen MR) is 279 cm³/mol. The molecule has 0 spiro atoms. The Bertz CT molecular complexity index is 1010. The van der Waals surface area contributed by atoms with Gasteiger partial charge in [0, 0.05) is 19.3 Å². The molecule has 0 fully saturated rings. The molecule has 0 rings (SSSR count). The second kappa shape index (κ2) is 50.3. The average molecular weight is 920 g/mol. The van der Waals surface area contributed by atoms with Gasteiger partial charge >= 0.3 is 17.9 Å². The van der Waals surface area contributed by atoms with Crippen molar-refractivity contribution in [1.82, 2.24) is 0 Å². The molecule has 65 heavy (non-hydrogen) atoms. The number of carbonyl (C=O) groups is 3. The SMILES string of the molecule is CCC(C)CCCCCCCCCCCCCCCCC(=O)OC[C@@H](COC(=O)CCCCCCCCCCCCCCCCC(C)C)OC(=O)CCCCCCCCCCC(C)CC. The van der Waals surface area contributed by atoms with E-state index in [0.717, 1.165) is 75.5 Å². The van der Waals surface area contributed by atoms with E-state index in [4.69, 9.17) is 14.2 Å². The fourth-order valence-corrected chi connectivity index (χ4v) is 8.93. The maximum atomic E-state index is 12.8. The van der Waals surface area contributed by atoms with Gasteiger partial charge in [-0.15, -0.1) is 0 Å². The zero-order chi connectivity index (χ0) is 47.7. The molecule has 0 saturated heterocycles. The lowest BCUT2D eigenvalue weighted by atomic mass is 9.99. The van der Waals surface area contributed by atoms with E-state index in [-0.39, 0.29) is 31.1 Å². The molecule has 0 N–H and O–H groups in total. The summed E-state index contributed by atoms with van der Waals surface area (Å²) in [5.74, 6) is 1.74. The van der Waals surface area contributed by atoms with Crippen molar-refractivity contribution in [3.05, 3.63) is 0 Å². The molecule has 0 aromatic carbocycles. The minimum absolute atomic E-state index is 0.0639. The van der Waals surface area contributed by atoms with E-state index < -0.39 is 6.10 Å². The van der Waals surface area contributed by atoms with Gasteiger partial charge in [0.2, 0.25) is 0 Å². The first-order valence-corrected chi connectivity index (χ1v) is 29.2. The number of unbranched alkanes of at least 4 members (excludes halogenated alkanes) is 33. The molecule has 0 aromatic rings. The van der Waals surface area contributed by atoms with Crippen molar-refractivity contribution in [2.24, 2.45) is 17.8 Å². The fraction of sp³-hybridized carbons (Fsp3) is 0.949. The van der Waals surface area contributed by atoms with Gasteiger partial charge in [-0.05, 0) is 37.0 Å². The van der Waals surface area contributed by atoms with E-state index in [2.05, 4.69) is 41.5 Å². The summed E-state index contributed by atoms with van der Waals surface area (Å²) in [7, 11) is 0. The van der Waals surface area contributed by atoms with Crippen LogP contribution in [0.4, 0.5) is 0 Å². The van der Waals surface area contributed by atoms with Crippen LogP contribution >= 0.6 is 0 Å². The lowest BCUT2D eigenvalue weighted by Crippen LogP contribution is -2.30. The van der Waals surface area contributed by atoms with Crippen LogP contribution in [0.5, 0.6) is 0 Å². The van der Waals surface area contributed by atoms with Crippen LogP contribution in [-0.4, -0.2) is 37.2 Å². The van der Waals surface area contributed by atoms with Crippen LogP contribution in [0.25, 0.3) is 0 Å². The summed E-state index contributed by atoms with van der Waals surface area (Å²) in [6.45, 7) is 13.8. The second-order valence-corrected chi connectivity index (χ2v) is 21.2. The molecule has 0 aliphatic heterocycles. The molecule has 0 heterocycles. The highest BCUT2D eigenvalue weighted by Gasteiger charge is 2.19. The van der Waals surface area contributed by atoms with Gasteiger partial charge in [0.15, 0.2) is 6.10 Å². The summed E-state index contributed by atoms with van der Waals surface area (Å²) >= 11 is 0. The van der Waals surface area contributed by atoms with Crippen LogP contribution in [0, 0.1) is 17.8 Å². The summed E-state index contributed by atoms with van der Waals surface area (Å²) in [5, 5.41) is 0. The predicted octanol–water partition coefficient (Wildman–Crippen LogP) is 19.1. The number of carbonyl (C=O) groups excluding carboxylic acids is 3. The number of esters is 3. The van der Waals surface area contributed by atoms with Gasteiger partial charge in [0.25, 0.3) is 0 Å². The van der Waals surface area contributed by atoms with E-state index in [1.807, 2.05) is 0 Å². The fourth-order valence-electron chi connectivity index (χ4n) is 8.93. The van der Waals surface area contributed by atoms with Gasteiger partial charge in [-0.1, -0.05) is 286 Å². The monoisotopic (exact) mass is 919 g/mol. The van der Waals surface area contributed by atoms with Crippen LogP contribution in [0.1, 0.15) is 324 Å². The highest BCUT2D eigenvalue weighted by atomic mass is 16.6. The van der Waals surface area contributed by atoms with Crippen molar-refractivity contribution in [3.63, 3.8) is 0 Å². The molecular weight excluding hydrogens is 805 g/mol. The van der Waals surface area contributed by atoms with Gasteiger partial charge in [-0.3, -0.25) is 14.4 Å². The van der Waals surface area contributed by atoms with Crippen LogP contribution < -0.4 is 0 Å². The Morgan fingerprint density at radius 1 is 0.308 bits per heavy atom. The van der Waals surface area contributed by atoms with E-state index in [1.165, 1.54) is 205 Å². The first kappa shape index (κ1) is 63.4. The van der Waals surface area contributed by atoms with Gasteiger partial charge in [-0.2, -0.15) is 0 Å². The van der Waals surface area contributed by atoms with E-state index >= 15 is 0 Å². The molecular formula is C59H114O6. The Hall–Kier alpha value is -1.59. The lowest BCUT2D eigenvalue weighted by molar-refractivity contribution is -0.167. The maximum absolute atomic E-state index is 12.8. The first-order chi connectivity index (χ1) is 31.7. The van der Waals surface area contributed by atoms with Gasteiger partial charge in [0.1, 0.15) is 13.2 Å². The van der Waals surface area contributed by atoms with Crippen molar-refractivity contribution in [1.29, 1.82) is 0 Å². The molecule has 0 bridgehead atoms. The number of hydrogen-bond donors (Lipinski definition) is 0. The molecule has 6 nitrogen and oxygen atoms in total. The van der Waals surface area contributed by atoms with Crippen LogP contribution in [0.3, 0.4) is 0 Å². The third-order valence-corrected chi connectivity index (χ3v) is 14.1. The Balaban J connectivity index is 4.28. The molecule has 3 atom stereocenters. The number of hydrogen-bond acceptors (Lipinski definition) is 6. The van der Waals surface area contributed by atoms with E-state index in [9.17, 15) is 14.4 Å². The highest BCUT2D eigenvalue weighted by molar-refractivity contribution is 5.71. The van der Waals surface area contributed by atoms with Crippen LogP contribution in [0.2, 0.25) is 0 Å². The van der Waals surface area contributed by atoms with Crippen molar-refractivity contribution >= 4 is 17.9 Å². The zero-order valence-electron chi connectivity index (χ0n) is 44.8. The lowest BCUT2D eigenvalue weighted by Gasteiger charge is -2.18. The van der Waals surface area contributed by atoms with Crippen molar-refractivity contribution in [2.75, 3.05) is 13.2 Å². The molecule has 2 unspecified atom stereocenters. The summed E-state index contributed by atoms with van der Waals surface area (Å²) in [6, 6.07) is 0. The Kier molecular flexibility index (Phi) is 49.1. The van der Waals surface area contributed by atoms with Crippen LogP contribution in [-0.2, 0) is 28.6 Å². The number of rotatable bonds is 52. The summed E-state index contributed by atoms with van der Waals surface area (Å²) < 4.78 is 16.9. The summed E-state index contributed by atoms with van der Waals surface area (Å²) in [6.07, 6.45) is 52.3. The number of ether oxygens (including phenoxy) is 3. The largest absolute Gasteiger partial charge is 0.462 e. The molecule has 0 saturated carbocycles. The van der Waals surface area contributed by atoms with Gasteiger partial charge in [-0.25, -0.2) is 0 Å². The molecule has 0 aromatic heterocycles. The van der Waals surface area contributed by atoms with E-state index in [0.29, 0.717) is 19.3 Å². The molecule has 6 heteroatoms. The van der Waals surface area contributed by atoms with Crippen LogP contribution in [0.15, 0.2) is 0 Å². The quantitative estimate of drug-likeness (QED) is 0.0344. The second-order valence-electron chi connectivity index (χ2n) is 21.2. The topological polar surface area (TPSA) is 78.9 Å². The minimum atomic E-state index is -0.764. The maximum Gasteiger partial charge on any atom is 0.306 e. The van der Waals surface area contributed by atoms with Crippen molar-refractivity contribution < 1.29 is 28.6 Å². The molecule has 0 aliphatic carbocycles. The average Bonchev–Trinajstić information content (AvgIpc) is 3.29.